The number of ether oxygens (including phenoxy) is 2. The number of likely N-dealkylation sites (N-methyl/N-ethyl adjacent to an activating group) is 1. The van der Waals surface area contributed by atoms with Crippen LogP contribution in [0.4, 0.5) is 32.0 Å². The largest absolute Gasteiger partial charge is 0.497 e. The van der Waals surface area contributed by atoms with Gasteiger partial charge in [0.05, 0.1) is 31.9 Å². The molecule has 0 aromatic heterocycles. The van der Waals surface area contributed by atoms with E-state index in [9.17, 15) is 39.6 Å². The number of halogens is 6. The van der Waals surface area contributed by atoms with E-state index in [1.54, 1.807) is 0 Å². The van der Waals surface area contributed by atoms with E-state index in [4.69, 9.17) is 9.47 Å². The van der Waals surface area contributed by atoms with Crippen LogP contribution in [-0.4, -0.2) is 46.4 Å². The van der Waals surface area contributed by atoms with E-state index >= 15 is 0 Å². The molecule has 0 unspecified atom stereocenters. The minimum atomic E-state index is -5.11. The van der Waals surface area contributed by atoms with E-state index in [-0.39, 0.29) is 22.5 Å². The van der Waals surface area contributed by atoms with Gasteiger partial charge in [-0.05, 0) is 30.3 Å². The highest BCUT2D eigenvalue weighted by Crippen LogP contribution is 2.37. The Kier molecular flexibility index (Phi) is 7.53. The second-order valence-electron chi connectivity index (χ2n) is 6.62. The van der Waals surface area contributed by atoms with Crippen LogP contribution in [0, 0.1) is 0 Å². The zero-order valence-electron chi connectivity index (χ0n) is 17.3. The fourth-order valence-electron chi connectivity index (χ4n) is 2.67. The van der Waals surface area contributed by atoms with Gasteiger partial charge in [0.15, 0.2) is 0 Å². The van der Waals surface area contributed by atoms with Crippen LogP contribution in [0.2, 0.25) is 0 Å². The summed E-state index contributed by atoms with van der Waals surface area (Å²) in [6.07, 6.45) is -10.2. The summed E-state index contributed by atoms with van der Waals surface area (Å²) in [5.41, 5.74) is -4.06. The third-order valence-corrected chi connectivity index (χ3v) is 6.12. The predicted molar refractivity (Wildman–Crippen MR) is 104 cm³/mol. The second-order valence-corrected chi connectivity index (χ2v) is 8.63. The van der Waals surface area contributed by atoms with Gasteiger partial charge in [-0.3, -0.25) is 4.79 Å². The highest BCUT2D eigenvalue weighted by molar-refractivity contribution is 7.89. The van der Waals surface area contributed by atoms with E-state index in [1.807, 2.05) is 5.32 Å². The molecule has 0 saturated heterocycles. The van der Waals surface area contributed by atoms with E-state index < -0.39 is 51.6 Å². The van der Waals surface area contributed by atoms with Crippen LogP contribution in [0.25, 0.3) is 0 Å². The standard InChI is InChI=1S/C19H18F6N2O5S/c1-27(33(29,30)16-9-14(31-2)4-5-15(16)32-3)10-17(28)26-13-7-11(18(20,21)22)6-12(8-13)19(23,24)25/h4-9H,10H2,1-3H3,(H,26,28). The van der Waals surface area contributed by atoms with Crippen molar-refractivity contribution < 1.29 is 49.0 Å². The number of benzene rings is 2. The number of hydrogen-bond acceptors (Lipinski definition) is 5. The maximum absolute atomic E-state index is 13.0. The number of rotatable bonds is 7. The molecule has 0 spiro atoms. The predicted octanol–water partition coefficient (Wildman–Crippen LogP) is 4.00. The Morgan fingerprint density at radius 1 is 0.939 bits per heavy atom. The molecule has 0 saturated carbocycles. The molecule has 1 amide bonds. The van der Waals surface area contributed by atoms with Crippen molar-refractivity contribution in [3.05, 3.63) is 47.5 Å². The van der Waals surface area contributed by atoms with Gasteiger partial charge in [-0.2, -0.15) is 30.6 Å². The van der Waals surface area contributed by atoms with Crippen LogP contribution in [0.1, 0.15) is 11.1 Å². The molecule has 14 heteroatoms. The summed E-state index contributed by atoms with van der Waals surface area (Å²) >= 11 is 0. The molecule has 0 aliphatic carbocycles. The van der Waals surface area contributed by atoms with Crippen LogP contribution >= 0.6 is 0 Å². The lowest BCUT2D eigenvalue weighted by Gasteiger charge is -2.19. The van der Waals surface area contributed by atoms with Gasteiger partial charge in [0.25, 0.3) is 0 Å². The molecule has 0 heterocycles. The van der Waals surface area contributed by atoms with Crippen molar-refractivity contribution >= 4 is 21.6 Å². The lowest BCUT2D eigenvalue weighted by Crippen LogP contribution is -2.35. The van der Waals surface area contributed by atoms with Crippen molar-refractivity contribution in [2.75, 3.05) is 33.1 Å². The third kappa shape index (κ3) is 6.28. The second kappa shape index (κ2) is 9.47. The molecule has 7 nitrogen and oxygen atoms in total. The van der Waals surface area contributed by atoms with E-state index in [1.165, 1.54) is 26.4 Å². The zero-order chi connectivity index (χ0) is 25.2. The maximum atomic E-state index is 13.0. The van der Waals surface area contributed by atoms with Gasteiger partial charge in [-0.1, -0.05) is 0 Å². The molecule has 182 valence electrons. The maximum Gasteiger partial charge on any atom is 0.416 e. The van der Waals surface area contributed by atoms with Crippen molar-refractivity contribution in [3.8, 4) is 11.5 Å². The van der Waals surface area contributed by atoms with Crippen LogP contribution in [0.15, 0.2) is 41.3 Å². The number of sulfonamides is 1. The number of hydrogen-bond donors (Lipinski definition) is 1. The first-order chi connectivity index (χ1) is 15.1. The van der Waals surface area contributed by atoms with Gasteiger partial charge >= 0.3 is 12.4 Å². The number of nitrogens with zero attached hydrogens (tertiary/aromatic N) is 1. The number of nitrogens with one attached hydrogen (secondary N) is 1. The van der Waals surface area contributed by atoms with E-state index in [0.29, 0.717) is 16.4 Å². The lowest BCUT2D eigenvalue weighted by atomic mass is 10.1. The quantitative estimate of drug-likeness (QED) is 0.581. The Hall–Kier alpha value is -3.00. The van der Waals surface area contributed by atoms with Gasteiger partial charge in [0.1, 0.15) is 16.4 Å². The molecule has 0 bridgehead atoms. The van der Waals surface area contributed by atoms with Crippen molar-refractivity contribution in [3.63, 3.8) is 0 Å². The number of methoxy groups -OCH3 is 2. The fourth-order valence-corrected chi connectivity index (χ4v) is 3.96. The van der Waals surface area contributed by atoms with Crippen LogP contribution in [0.3, 0.4) is 0 Å². The summed E-state index contributed by atoms with van der Waals surface area (Å²) in [5.74, 6) is -1.08. The van der Waals surface area contributed by atoms with Gasteiger partial charge in [-0.25, -0.2) is 8.42 Å². The average Bonchev–Trinajstić information content (AvgIpc) is 2.71. The summed E-state index contributed by atoms with van der Waals surface area (Å²) in [6.45, 7) is -0.916. The zero-order valence-corrected chi connectivity index (χ0v) is 18.2. The minimum absolute atomic E-state index is 0.0734. The molecular weight excluding hydrogens is 482 g/mol. The summed E-state index contributed by atoms with van der Waals surface area (Å²) in [4.78, 5) is 11.9. The van der Waals surface area contributed by atoms with Crippen LogP contribution < -0.4 is 14.8 Å². The molecule has 2 aromatic rings. The van der Waals surface area contributed by atoms with E-state index in [0.717, 1.165) is 13.1 Å². The van der Waals surface area contributed by atoms with Crippen molar-refractivity contribution in [1.29, 1.82) is 0 Å². The SMILES string of the molecule is COc1ccc(OC)c(S(=O)(=O)N(C)CC(=O)Nc2cc(C(F)(F)F)cc(C(F)(F)F)c2)c1. The molecule has 2 aromatic carbocycles. The topological polar surface area (TPSA) is 84.9 Å². The first-order valence-corrected chi connectivity index (χ1v) is 10.3. The van der Waals surface area contributed by atoms with Gasteiger partial charge in [-0.15, -0.1) is 0 Å². The normalized spacial score (nSPS) is 12.5. The number of amides is 1. The number of anilines is 1. The van der Waals surface area contributed by atoms with Gasteiger partial charge < -0.3 is 14.8 Å². The minimum Gasteiger partial charge on any atom is -0.497 e. The molecule has 0 aliphatic heterocycles. The molecule has 0 aliphatic rings. The first-order valence-electron chi connectivity index (χ1n) is 8.87. The highest BCUT2D eigenvalue weighted by atomic mass is 32.2. The first kappa shape index (κ1) is 26.3. The summed E-state index contributed by atoms with van der Waals surface area (Å²) in [7, 11) is -0.857. The third-order valence-electron chi connectivity index (χ3n) is 4.30. The van der Waals surface area contributed by atoms with Crippen molar-refractivity contribution in [2.24, 2.45) is 0 Å². The highest BCUT2D eigenvalue weighted by Gasteiger charge is 2.37. The van der Waals surface area contributed by atoms with Crippen LogP contribution in [0.5, 0.6) is 11.5 Å². The summed E-state index contributed by atoms with van der Waals surface area (Å²) in [6, 6.07) is 4.39. The van der Waals surface area contributed by atoms with Crippen LogP contribution in [-0.2, 0) is 27.2 Å². The number of carbonyl (C=O) groups is 1. The van der Waals surface area contributed by atoms with E-state index in [2.05, 4.69) is 0 Å². The fraction of sp³-hybridized carbons (Fsp3) is 0.316. The Bertz CT molecular complexity index is 1100. The van der Waals surface area contributed by atoms with Crippen molar-refractivity contribution in [1.82, 2.24) is 4.31 Å². The Morgan fingerprint density at radius 3 is 1.94 bits per heavy atom. The molecule has 2 rings (SSSR count). The van der Waals surface area contributed by atoms with Crippen molar-refractivity contribution in [2.45, 2.75) is 17.2 Å². The molecular formula is C19H18F6N2O5S. The molecule has 0 radical (unpaired) electrons. The summed E-state index contributed by atoms with van der Waals surface area (Å²) < 4.78 is 114. The number of alkyl halides is 6. The van der Waals surface area contributed by atoms with Gasteiger partial charge in [0.2, 0.25) is 15.9 Å². The Labute approximate surface area is 184 Å². The Balaban J connectivity index is 2.31. The lowest BCUT2D eigenvalue weighted by molar-refractivity contribution is -0.143. The number of carbonyl (C=O) groups excluding carboxylic acids is 1. The van der Waals surface area contributed by atoms with Gasteiger partial charge in [0, 0.05) is 18.8 Å². The average molecular weight is 500 g/mol. The molecule has 0 fully saturated rings. The molecule has 0 atom stereocenters. The molecule has 1 N–H and O–H groups in total. The summed E-state index contributed by atoms with van der Waals surface area (Å²) in [5, 5.41) is 1.87. The molecule has 33 heavy (non-hydrogen) atoms. The Morgan fingerprint density at radius 2 is 1.48 bits per heavy atom. The monoisotopic (exact) mass is 500 g/mol. The smallest absolute Gasteiger partial charge is 0.416 e.